The number of carbonyl (C=O) groups is 1. The minimum Gasteiger partial charge on any atom is -0.376 e. The molecule has 0 spiro atoms. The summed E-state index contributed by atoms with van der Waals surface area (Å²) in [6.45, 7) is 9.23. The lowest BCUT2D eigenvalue weighted by Crippen LogP contribution is -2.46. The second-order valence-corrected chi connectivity index (χ2v) is 8.01. The monoisotopic (exact) mass is 356 g/mol. The fourth-order valence-electron chi connectivity index (χ4n) is 4.18. The zero-order valence-corrected chi connectivity index (χ0v) is 16.1. The zero-order chi connectivity index (χ0) is 18.8. The van der Waals surface area contributed by atoms with Crippen LogP contribution in [0.1, 0.15) is 55.7 Å². The molecule has 0 unspecified atom stereocenters. The van der Waals surface area contributed by atoms with Gasteiger partial charge in [-0.15, -0.1) is 0 Å². The molecule has 5 nitrogen and oxygen atoms in total. The lowest BCUT2D eigenvalue weighted by atomic mass is 9.66. The van der Waals surface area contributed by atoms with E-state index in [0.717, 1.165) is 24.3 Å². The summed E-state index contributed by atoms with van der Waals surface area (Å²) in [4.78, 5) is 12.8. The molecular weight excluding hydrogens is 328 g/mol. The van der Waals surface area contributed by atoms with Crippen molar-refractivity contribution >= 4 is 5.91 Å². The van der Waals surface area contributed by atoms with Crippen LogP contribution in [0.15, 0.2) is 34.9 Å². The summed E-state index contributed by atoms with van der Waals surface area (Å²) in [6.07, 6.45) is 2.11. The van der Waals surface area contributed by atoms with Crippen LogP contribution in [0, 0.1) is 13.8 Å². The van der Waals surface area contributed by atoms with Crippen molar-refractivity contribution < 1.29 is 14.1 Å². The molecule has 1 fully saturated rings. The molecule has 140 valence electrons. The van der Waals surface area contributed by atoms with E-state index in [1.165, 1.54) is 11.1 Å². The Balaban J connectivity index is 1.80. The molecule has 1 aromatic carbocycles. The molecule has 0 bridgehead atoms. The van der Waals surface area contributed by atoms with E-state index in [9.17, 15) is 4.79 Å². The summed E-state index contributed by atoms with van der Waals surface area (Å²) in [5, 5.41) is 6.94. The van der Waals surface area contributed by atoms with Crippen LogP contribution >= 0.6 is 0 Å². The van der Waals surface area contributed by atoms with E-state index in [1.807, 2.05) is 19.1 Å². The molecular formula is C21H28N2O3. The van der Waals surface area contributed by atoms with Gasteiger partial charge in [-0.2, -0.15) is 0 Å². The second-order valence-electron chi connectivity index (χ2n) is 8.01. The quantitative estimate of drug-likeness (QED) is 0.884. The number of aryl methyl sites for hydroxylation is 2. The number of hydrogen-bond acceptors (Lipinski definition) is 4. The Bertz CT molecular complexity index is 781. The van der Waals surface area contributed by atoms with Gasteiger partial charge in [0, 0.05) is 24.5 Å². The summed E-state index contributed by atoms with van der Waals surface area (Å²) in [5.41, 5.74) is 2.77. The Kier molecular flexibility index (Phi) is 5.19. The molecule has 1 aliphatic rings. The van der Waals surface area contributed by atoms with Gasteiger partial charge in [0.15, 0.2) is 0 Å². The van der Waals surface area contributed by atoms with Crippen molar-refractivity contribution in [1.29, 1.82) is 0 Å². The van der Waals surface area contributed by atoms with Gasteiger partial charge in [-0.3, -0.25) is 4.79 Å². The highest BCUT2D eigenvalue weighted by Crippen LogP contribution is 2.45. The number of carbonyl (C=O) groups excluding carboxylic acids is 1. The number of rotatable bonds is 5. The average molecular weight is 356 g/mol. The number of amides is 1. The molecule has 5 heteroatoms. The molecule has 0 aliphatic carbocycles. The fourth-order valence-corrected chi connectivity index (χ4v) is 4.18. The van der Waals surface area contributed by atoms with Crippen LogP contribution < -0.4 is 5.32 Å². The molecule has 26 heavy (non-hydrogen) atoms. The van der Waals surface area contributed by atoms with Gasteiger partial charge < -0.3 is 14.6 Å². The predicted molar refractivity (Wildman–Crippen MR) is 99.8 cm³/mol. The van der Waals surface area contributed by atoms with Gasteiger partial charge >= 0.3 is 0 Å². The maximum atomic E-state index is 12.8. The maximum absolute atomic E-state index is 12.8. The number of hydrogen-bond donors (Lipinski definition) is 1. The summed E-state index contributed by atoms with van der Waals surface area (Å²) in [7, 11) is 0. The lowest BCUT2D eigenvalue weighted by Gasteiger charge is -2.45. The largest absolute Gasteiger partial charge is 0.376 e. The third kappa shape index (κ3) is 4.15. The molecule has 3 rings (SSSR count). The average Bonchev–Trinajstić information content (AvgIpc) is 2.98. The number of benzene rings is 1. The van der Waals surface area contributed by atoms with Crippen LogP contribution in [0.3, 0.4) is 0 Å². The van der Waals surface area contributed by atoms with E-state index >= 15 is 0 Å². The first kappa shape index (κ1) is 18.6. The SMILES string of the molecule is Cc1cc(CNC(=O)C[C@]2(c3ccccc3C)CCOC(C)(C)C2)no1. The third-order valence-corrected chi connectivity index (χ3v) is 5.20. The van der Waals surface area contributed by atoms with Gasteiger partial charge in [0.05, 0.1) is 12.1 Å². The Hall–Kier alpha value is -2.14. The summed E-state index contributed by atoms with van der Waals surface area (Å²) in [6, 6.07) is 10.2. The Morgan fingerprint density at radius 1 is 1.27 bits per heavy atom. The molecule has 0 radical (unpaired) electrons. The first-order valence-electron chi connectivity index (χ1n) is 9.19. The highest BCUT2D eigenvalue weighted by molar-refractivity contribution is 5.77. The van der Waals surface area contributed by atoms with Crippen molar-refractivity contribution in [2.75, 3.05) is 6.61 Å². The highest BCUT2D eigenvalue weighted by atomic mass is 16.5. The summed E-state index contributed by atoms with van der Waals surface area (Å²) in [5.74, 6) is 0.781. The van der Waals surface area contributed by atoms with Gasteiger partial charge in [-0.25, -0.2) is 0 Å². The van der Waals surface area contributed by atoms with Gasteiger partial charge in [0.2, 0.25) is 5.91 Å². The third-order valence-electron chi connectivity index (χ3n) is 5.20. The summed E-state index contributed by atoms with van der Waals surface area (Å²) < 4.78 is 11.0. The van der Waals surface area contributed by atoms with E-state index in [4.69, 9.17) is 9.26 Å². The minimum absolute atomic E-state index is 0.0339. The molecule has 1 aliphatic heterocycles. The van der Waals surface area contributed by atoms with Crippen LogP contribution in [0.5, 0.6) is 0 Å². The molecule has 1 aromatic heterocycles. The molecule has 1 amide bonds. The van der Waals surface area contributed by atoms with Crippen molar-refractivity contribution in [3.63, 3.8) is 0 Å². The van der Waals surface area contributed by atoms with Crippen molar-refractivity contribution in [2.45, 2.75) is 64.5 Å². The lowest BCUT2D eigenvalue weighted by molar-refractivity contribution is -0.126. The van der Waals surface area contributed by atoms with E-state index in [1.54, 1.807) is 0 Å². The van der Waals surface area contributed by atoms with Gasteiger partial charge in [0.1, 0.15) is 11.5 Å². The molecule has 1 atom stereocenters. The fraction of sp³-hybridized carbons (Fsp3) is 0.524. The van der Waals surface area contributed by atoms with Gasteiger partial charge in [-0.05, 0) is 51.7 Å². The minimum atomic E-state index is -0.246. The van der Waals surface area contributed by atoms with Crippen LogP contribution in [0.2, 0.25) is 0 Å². The van der Waals surface area contributed by atoms with Crippen LogP contribution in [0.25, 0.3) is 0 Å². The first-order valence-corrected chi connectivity index (χ1v) is 9.19. The summed E-state index contributed by atoms with van der Waals surface area (Å²) >= 11 is 0. The Morgan fingerprint density at radius 2 is 2.04 bits per heavy atom. The smallest absolute Gasteiger partial charge is 0.221 e. The van der Waals surface area contributed by atoms with E-state index < -0.39 is 0 Å². The Morgan fingerprint density at radius 3 is 2.69 bits per heavy atom. The normalized spacial score (nSPS) is 22.2. The molecule has 2 aromatic rings. The van der Waals surface area contributed by atoms with Crippen LogP contribution in [0.4, 0.5) is 0 Å². The standard InChI is InChI=1S/C21H28N2O3/c1-15-7-5-6-8-18(15)21(9-10-25-20(3,4)14-21)12-19(24)22-13-17-11-16(2)26-23-17/h5-8,11H,9-10,12-14H2,1-4H3,(H,22,24)/t21-/m1/s1. The van der Waals surface area contributed by atoms with Gasteiger partial charge in [-0.1, -0.05) is 29.4 Å². The molecule has 0 saturated carbocycles. The zero-order valence-electron chi connectivity index (χ0n) is 16.1. The van der Waals surface area contributed by atoms with Crippen molar-refractivity contribution in [1.82, 2.24) is 10.5 Å². The van der Waals surface area contributed by atoms with Crippen molar-refractivity contribution in [3.8, 4) is 0 Å². The van der Waals surface area contributed by atoms with E-state index in [2.05, 4.69) is 49.4 Å². The highest BCUT2D eigenvalue weighted by Gasteiger charge is 2.44. The van der Waals surface area contributed by atoms with Crippen molar-refractivity contribution in [2.24, 2.45) is 0 Å². The Labute approximate surface area is 155 Å². The number of ether oxygens (including phenoxy) is 1. The van der Waals surface area contributed by atoms with Crippen molar-refractivity contribution in [3.05, 3.63) is 52.9 Å². The van der Waals surface area contributed by atoms with E-state index in [0.29, 0.717) is 19.6 Å². The number of nitrogens with zero attached hydrogens (tertiary/aromatic N) is 1. The topological polar surface area (TPSA) is 64.4 Å². The van der Waals surface area contributed by atoms with Gasteiger partial charge in [0.25, 0.3) is 0 Å². The number of nitrogens with one attached hydrogen (secondary N) is 1. The van der Waals surface area contributed by atoms with E-state index in [-0.39, 0.29) is 16.9 Å². The predicted octanol–water partition coefficient (Wildman–Crippen LogP) is 3.82. The van der Waals surface area contributed by atoms with Crippen LogP contribution in [-0.2, 0) is 21.5 Å². The molecule has 1 N–H and O–H groups in total. The number of aromatic nitrogens is 1. The molecule has 1 saturated heterocycles. The van der Waals surface area contributed by atoms with Crippen LogP contribution in [-0.4, -0.2) is 23.3 Å². The second kappa shape index (κ2) is 7.23. The maximum Gasteiger partial charge on any atom is 0.221 e. The first-order chi connectivity index (χ1) is 12.3. The molecule has 2 heterocycles.